The average Bonchev–Trinajstić information content (AvgIpc) is 3.63. The topological polar surface area (TPSA) is 3.24 Å². The Labute approximate surface area is 343 Å². The first kappa shape index (κ1) is 33.4. The molecule has 1 nitrogen and oxygen atoms in total. The number of fused-ring (bicyclic) bond motifs is 7. The molecule has 0 fully saturated rings. The van der Waals surface area contributed by atoms with Gasteiger partial charge in [0.25, 0.3) is 0 Å². The maximum absolute atomic E-state index is 2.39. The molecule has 0 unspecified atom stereocenters. The summed E-state index contributed by atoms with van der Waals surface area (Å²) in [4.78, 5) is 2.39. The van der Waals surface area contributed by atoms with Gasteiger partial charge in [0.05, 0.1) is 0 Å². The third-order valence-electron chi connectivity index (χ3n) is 12.4. The van der Waals surface area contributed by atoms with Gasteiger partial charge in [0.1, 0.15) is 0 Å². The fourth-order valence-electron chi connectivity index (χ4n) is 9.49. The predicted octanol–water partition coefficient (Wildman–Crippen LogP) is 16.4. The van der Waals surface area contributed by atoms with Crippen molar-refractivity contribution in [3.8, 4) is 55.6 Å². The van der Waals surface area contributed by atoms with E-state index in [4.69, 9.17) is 0 Å². The number of hydrogen-bond acceptors (Lipinski definition) is 1. The number of hydrogen-bond donors (Lipinski definition) is 0. The van der Waals surface area contributed by atoms with Gasteiger partial charge in [-0.2, -0.15) is 0 Å². The molecule has 0 atom stereocenters. The summed E-state index contributed by atoms with van der Waals surface area (Å²) in [5, 5.41) is 10.2. The molecule has 11 aromatic carbocycles. The molecule has 1 heteroatoms. The van der Waals surface area contributed by atoms with E-state index in [-0.39, 0.29) is 0 Å². The maximum Gasteiger partial charge on any atom is 0.0467 e. The SMILES string of the molecule is c1cc(-c2ccc3c(c2)-c2cccc4cccc-3c24)cc(N(c2ccc(-c3ccc4ccc5ccccc5c4c3)cc2)c2ccc(-c3cccc4ccccc34)cc2)c1. The van der Waals surface area contributed by atoms with Crippen molar-refractivity contribution in [3.63, 3.8) is 0 Å². The first-order valence-electron chi connectivity index (χ1n) is 20.4. The van der Waals surface area contributed by atoms with E-state index >= 15 is 0 Å². The van der Waals surface area contributed by atoms with Gasteiger partial charge in [-0.15, -0.1) is 0 Å². The highest BCUT2D eigenvalue weighted by molar-refractivity contribution is 6.16. The molecule has 0 spiro atoms. The van der Waals surface area contributed by atoms with Gasteiger partial charge in [-0.1, -0.05) is 176 Å². The predicted molar refractivity (Wildman–Crippen MR) is 252 cm³/mol. The molecule has 0 aliphatic heterocycles. The van der Waals surface area contributed by atoms with Crippen LogP contribution in [0, 0.1) is 0 Å². The average molecular weight is 748 g/mol. The highest BCUT2D eigenvalue weighted by atomic mass is 15.1. The summed E-state index contributed by atoms with van der Waals surface area (Å²) >= 11 is 0. The summed E-state index contributed by atoms with van der Waals surface area (Å²) in [6.07, 6.45) is 0. The molecular weight excluding hydrogens is 711 g/mol. The van der Waals surface area contributed by atoms with Crippen molar-refractivity contribution in [3.05, 3.63) is 224 Å². The van der Waals surface area contributed by atoms with Crippen LogP contribution in [0.25, 0.3) is 98.7 Å². The van der Waals surface area contributed by atoms with Crippen LogP contribution >= 0.6 is 0 Å². The van der Waals surface area contributed by atoms with Crippen LogP contribution in [0.3, 0.4) is 0 Å². The molecule has 0 heterocycles. The van der Waals surface area contributed by atoms with E-state index in [1.807, 2.05) is 0 Å². The van der Waals surface area contributed by atoms with Gasteiger partial charge in [-0.25, -0.2) is 0 Å². The monoisotopic (exact) mass is 747 g/mol. The Morgan fingerprint density at radius 1 is 0.220 bits per heavy atom. The van der Waals surface area contributed by atoms with Crippen molar-refractivity contribution in [2.45, 2.75) is 0 Å². The zero-order valence-corrected chi connectivity index (χ0v) is 32.3. The lowest BCUT2D eigenvalue weighted by Crippen LogP contribution is -2.10. The first-order valence-corrected chi connectivity index (χ1v) is 20.4. The zero-order chi connectivity index (χ0) is 38.9. The molecule has 0 amide bonds. The van der Waals surface area contributed by atoms with E-state index in [0.717, 1.165) is 17.1 Å². The molecule has 0 saturated carbocycles. The number of anilines is 3. The fourth-order valence-corrected chi connectivity index (χ4v) is 9.49. The highest BCUT2D eigenvalue weighted by Gasteiger charge is 2.22. The van der Waals surface area contributed by atoms with Crippen LogP contribution < -0.4 is 4.90 Å². The molecule has 12 rings (SSSR count). The normalized spacial score (nSPS) is 11.7. The van der Waals surface area contributed by atoms with E-state index in [1.54, 1.807) is 0 Å². The Morgan fingerprint density at radius 3 is 1.49 bits per heavy atom. The number of nitrogens with zero attached hydrogens (tertiary/aromatic N) is 1. The lowest BCUT2D eigenvalue weighted by atomic mass is 9.96. The van der Waals surface area contributed by atoms with Crippen LogP contribution in [-0.4, -0.2) is 0 Å². The molecule has 0 radical (unpaired) electrons. The lowest BCUT2D eigenvalue weighted by molar-refractivity contribution is 1.28. The van der Waals surface area contributed by atoms with Crippen LogP contribution in [0.4, 0.5) is 17.1 Å². The van der Waals surface area contributed by atoms with Crippen LogP contribution in [-0.2, 0) is 0 Å². The lowest BCUT2D eigenvalue weighted by Gasteiger charge is -2.26. The second-order valence-electron chi connectivity index (χ2n) is 15.7. The van der Waals surface area contributed by atoms with E-state index in [9.17, 15) is 0 Å². The summed E-state index contributed by atoms with van der Waals surface area (Å²) in [5.41, 5.74) is 15.8. The van der Waals surface area contributed by atoms with Crippen molar-refractivity contribution in [2.75, 3.05) is 4.90 Å². The van der Waals surface area contributed by atoms with Crippen molar-refractivity contribution in [1.29, 1.82) is 0 Å². The maximum atomic E-state index is 2.39. The minimum absolute atomic E-state index is 1.10. The molecule has 1 aliphatic carbocycles. The van der Waals surface area contributed by atoms with Crippen LogP contribution in [0.2, 0.25) is 0 Å². The Kier molecular flexibility index (Phi) is 7.61. The molecule has 0 N–H and O–H groups in total. The first-order chi connectivity index (χ1) is 29.2. The van der Waals surface area contributed by atoms with Gasteiger partial charge >= 0.3 is 0 Å². The Balaban J connectivity index is 0.957. The van der Waals surface area contributed by atoms with Crippen LogP contribution in [0.15, 0.2) is 224 Å². The summed E-state index contributed by atoms with van der Waals surface area (Å²) < 4.78 is 0. The highest BCUT2D eigenvalue weighted by Crippen LogP contribution is 2.48. The van der Waals surface area contributed by atoms with Gasteiger partial charge < -0.3 is 4.90 Å². The molecule has 0 aromatic heterocycles. The largest absolute Gasteiger partial charge is 0.310 e. The van der Waals surface area contributed by atoms with Crippen LogP contribution in [0.5, 0.6) is 0 Å². The quantitative estimate of drug-likeness (QED) is 0.153. The summed E-state index contributed by atoms with van der Waals surface area (Å²) in [6.45, 7) is 0. The molecular formula is C58H37N. The van der Waals surface area contributed by atoms with E-state index in [1.165, 1.54) is 98.7 Å². The fraction of sp³-hybridized carbons (Fsp3) is 0. The van der Waals surface area contributed by atoms with Gasteiger partial charge in [-0.05, 0) is 147 Å². The van der Waals surface area contributed by atoms with Gasteiger partial charge in [0, 0.05) is 17.1 Å². The Hall–Kier alpha value is -7.74. The molecule has 59 heavy (non-hydrogen) atoms. The second kappa shape index (κ2) is 13.4. The molecule has 11 aromatic rings. The van der Waals surface area contributed by atoms with E-state index in [0.29, 0.717) is 0 Å². The minimum atomic E-state index is 1.10. The molecule has 0 bridgehead atoms. The standard InChI is InChI=1S/C58H37N/c1-3-16-50-39(9-1)11-6-18-51(50)41-27-32-48(33-28-41)59(47-30-25-38(26-31-47)45-24-23-42-22-21-40-10-2-4-17-52(40)56(42)36-45)49-15-5-14-44(35-49)46-29-34-53-54-19-7-12-43-13-8-20-55(58(43)54)57(53)37-46/h1-37H. The van der Waals surface area contributed by atoms with E-state index in [2.05, 4.69) is 229 Å². The summed E-state index contributed by atoms with van der Waals surface area (Å²) in [5.74, 6) is 0. The molecule has 0 saturated heterocycles. The van der Waals surface area contributed by atoms with Crippen molar-refractivity contribution >= 4 is 60.2 Å². The Bertz CT molecular complexity index is 3420. The van der Waals surface area contributed by atoms with Crippen molar-refractivity contribution in [1.82, 2.24) is 0 Å². The van der Waals surface area contributed by atoms with Crippen molar-refractivity contribution in [2.24, 2.45) is 0 Å². The van der Waals surface area contributed by atoms with Crippen LogP contribution in [0.1, 0.15) is 0 Å². The number of rotatable bonds is 6. The number of benzene rings is 11. The second-order valence-corrected chi connectivity index (χ2v) is 15.7. The molecule has 274 valence electrons. The minimum Gasteiger partial charge on any atom is -0.310 e. The zero-order valence-electron chi connectivity index (χ0n) is 32.3. The van der Waals surface area contributed by atoms with Gasteiger partial charge in [0.2, 0.25) is 0 Å². The van der Waals surface area contributed by atoms with Crippen molar-refractivity contribution < 1.29 is 0 Å². The molecule has 1 aliphatic rings. The smallest absolute Gasteiger partial charge is 0.0467 e. The Morgan fingerprint density at radius 2 is 0.729 bits per heavy atom. The van der Waals surface area contributed by atoms with E-state index < -0.39 is 0 Å². The third-order valence-corrected chi connectivity index (χ3v) is 12.4. The third kappa shape index (κ3) is 5.55. The summed E-state index contributed by atoms with van der Waals surface area (Å²) in [6, 6.07) is 82.6. The van der Waals surface area contributed by atoms with Gasteiger partial charge in [-0.3, -0.25) is 0 Å². The summed E-state index contributed by atoms with van der Waals surface area (Å²) in [7, 11) is 0. The van der Waals surface area contributed by atoms with Gasteiger partial charge in [0.15, 0.2) is 0 Å².